The molecule has 0 radical (unpaired) electrons. The van der Waals surface area contributed by atoms with Gasteiger partial charge >= 0.3 is 252 Å². The molecule has 203 valence electrons. The zero-order valence-corrected chi connectivity index (χ0v) is 27.6. The Labute approximate surface area is 275 Å². The number of allylic oxidation sites excluding steroid dienone is 4. The van der Waals surface area contributed by atoms with Gasteiger partial charge in [0.25, 0.3) is 0 Å². The van der Waals surface area contributed by atoms with Gasteiger partial charge in [-0.25, -0.2) is 0 Å². The summed E-state index contributed by atoms with van der Waals surface area (Å²) in [6.07, 6.45) is 7.82. The maximum Gasteiger partial charge on any atom is -1.00 e. The molecule has 7 rings (SSSR count). The third kappa shape index (κ3) is 5.03. The van der Waals surface area contributed by atoms with Gasteiger partial charge in [-0.1, -0.05) is 0 Å². The molecule has 0 unspecified atom stereocenters. The molecular formula is C39H29Cl2Zr. The number of rotatable bonds is 4. The Kier molecular flexibility index (Phi) is 9.05. The maximum absolute atomic E-state index is 2.40. The van der Waals surface area contributed by atoms with Crippen LogP contribution >= 0.6 is 0 Å². The summed E-state index contributed by atoms with van der Waals surface area (Å²) in [5.74, 6) is 0. The minimum absolute atomic E-state index is 0. The quantitative estimate of drug-likeness (QED) is 0.277. The molecule has 0 atom stereocenters. The molecule has 0 saturated carbocycles. The van der Waals surface area contributed by atoms with E-state index in [0.717, 1.165) is 6.42 Å². The molecule has 2 aliphatic rings. The van der Waals surface area contributed by atoms with Crippen molar-refractivity contribution in [1.29, 1.82) is 0 Å². The Bertz CT molecular complexity index is 2030. The zero-order valence-electron chi connectivity index (χ0n) is 23.6. The molecule has 0 nitrogen and oxygen atoms in total. The fourth-order valence-electron chi connectivity index (χ4n) is 6.53. The van der Waals surface area contributed by atoms with Gasteiger partial charge in [0.05, 0.1) is 0 Å². The topological polar surface area (TPSA) is 0 Å². The third-order valence-electron chi connectivity index (χ3n) is 8.24. The monoisotopic (exact) mass is 657 g/mol. The molecule has 0 spiro atoms. The van der Waals surface area contributed by atoms with E-state index in [4.69, 9.17) is 0 Å². The van der Waals surface area contributed by atoms with E-state index in [-0.39, 0.29) is 24.8 Å². The van der Waals surface area contributed by atoms with Gasteiger partial charge in [-0.05, 0) is 0 Å². The van der Waals surface area contributed by atoms with Crippen molar-refractivity contribution in [3.05, 3.63) is 182 Å². The molecule has 0 bridgehead atoms. The first kappa shape index (κ1) is 30.2. The van der Waals surface area contributed by atoms with Crippen LogP contribution in [-0.2, 0) is 24.7 Å². The van der Waals surface area contributed by atoms with Gasteiger partial charge in [0.2, 0.25) is 0 Å². The smallest absolute Gasteiger partial charge is 1.00 e. The number of benzene rings is 5. The SMILES string of the molecule is Cc1ccc2c(c1)=[C]([Zr+2])c1c(C3=CC=CC3)c(C)c(-c3ccccc3)c(=C(c3ccccc3)c3ccccc3)c1=2.[Cl-].[Cl-]. The molecule has 2 aliphatic carbocycles. The summed E-state index contributed by atoms with van der Waals surface area (Å²) in [6.45, 7) is 4.57. The van der Waals surface area contributed by atoms with Gasteiger partial charge in [0.15, 0.2) is 0 Å². The van der Waals surface area contributed by atoms with E-state index in [1.807, 2.05) is 0 Å². The second-order valence-corrected chi connectivity index (χ2v) is 12.0. The minimum atomic E-state index is 0. The Balaban J connectivity index is 0.00000176. The molecule has 0 saturated heterocycles. The first-order chi connectivity index (χ1) is 19.6. The average Bonchev–Trinajstić information content (AvgIpc) is 3.62. The van der Waals surface area contributed by atoms with Crippen LogP contribution in [0.15, 0.2) is 127 Å². The van der Waals surface area contributed by atoms with E-state index < -0.39 is 0 Å². The van der Waals surface area contributed by atoms with Crippen LogP contribution in [0, 0.1) is 24.3 Å². The first-order valence-electron chi connectivity index (χ1n) is 13.9. The van der Waals surface area contributed by atoms with Gasteiger partial charge in [0.1, 0.15) is 0 Å². The number of halogens is 2. The predicted molar refractivity (Wildman–Crippen MR) is 163 cm³/mol. The van der Waals surface area contributed by atoms with Gasteiger partial charge in [-0.15, -0.1) is 0 Å². The van der Waals surface area contributed by atoms with Crippen LogP contribution in [0.25, 0.3) is 25.6 Å². The van der Waals surface area contributed by atoms with Crippen LogP contribution in [-0.4, -0.2) is 0 Å². The van der Waals surface area contributed by atoms with Crippen molar-refractivity contribution in [3.63, 3.8) is 0 Å². The van der Waals surface area contributed by atoms with Crippen LogP contribution in [0.5, 0.6) is 0 Å². The van der Waals surface area contributed by atoms with Gasteiger partial charge in [-0.2, -0.15) is 0 Å². The predicted octanol–water partition coefficient (Wildman–Crippen LogP) is 1.87. The molecule has 0 amide bonds. The van der Waals surface area contributed by atoms with Crippen molar-refractivity contribution in [2.45, 2.75) is 20.3 Å². The van der Waals surface area contributed by atoms with Crippen molar-refractivity contribution < 1.29 is 49.5 Å². The number of fused-ring (bicyclic) bond motifs is 2. The molecule has 0 heterocycles. The Hall–Kier alpha value is -3.22. The Morgan fingerprint density at radius 1 is 0.643 bits per heavy atom. The van der Waals surface area contributed by atoms with Crippen molar-refractivity contribution in [3.8, 4) is 11.1 Å². The molecule has 0 aliphatic heterocycles. The van der Waals surface area contributed by atoms with E-state index in [0.29, 0.717) is 0 Å². The van der Waals surface area contributed by atoms with E-state index in [1.165, 1.54) is 105 Å². The first-order valence-corrected chi connectivity index (χ1v) is 15.2. The van der Waals surface area contributed by atoms with Crippen LogP contribution in [0.1, 0.15) is 39.8 Å². The molecule has 5 aromatic rings. The normalized spacial score (nSPS) is 12.7. The molecule has 0 aromatic heterocycles. The second-order valence-electron chi connectivity index (χ2n) is 10.7. The molecular weight excluding hydrogens is 631 g/mol. The molecule has 3 heteroatoms. The fourth-order valence-corrected chi connectivity index (χ4v) is 7.65. The van der Waals surface area contributed by atoms with Crippen LogP contribution < -0.4 is 35.3 Å². The summed E-state index contributed by atoms with van der Waals surface area (Å²) in [5, 5.41) is 5.48. The molecule has 0 N–H and O–H groups in total. The van der Waals surface area contributed by atoms with Crippen LogP contribution in [0.3, 0.4) is 0 Å². The fraction of sp³-hybridized carbons (Fsp3) is 0.0769. The number of hydrogen-bond acceptors (Lipinski definition) is 0. The Morgan fingerprint density at radius 2 is 1.24 bits per heavy atom. The molecule has 42 heavy (non-hydrogen) atoms. The van der Waals surface area contributed by atoms with E-state index in [1.54, 1.807) is 0 Å². The summed E-state index contributed by atoms with van der Waals surface area (Å²) in [6, 6.07) is 40.0. The second kappa shape index (κ2) is 12.6. The number of aryl methyl sites for hydroxylation is 1. The van der Waals surface area contributed by atoms with E-state index >= 15 is 0 Å². The van der Waals surface area contributed by atoms with Crippen molar-refractivity contribution in [2.75, 3.05) is 0 Å². The maximum atomic E-state index is 2.40. The van der Waals surface area contributed by atoms with Crippen LogP contribution in [0.4, 0.5) is 0 Å². The summed E-state index contributed by atoms with van der Waals surface area (Å²) >= 11 is 1.46. The average molecular weight is 660 g/mol. The van der Waals surface area contributed by atoms with E-state index in [9.17, 15) is 0 Å². The minimum Gasteiger partial charge on any atom is -1.00 e. The standard InChI is InChI=1S/C39H29.2ClH.Zr/c1-26-22-23-33-32(24-26)25-34-35(28-20-12-13-21-28)27(2)36(29-14-6-3-7-15-29)39(38(33)34)37(30-16-8-4-9-17-30)31-18-10-5-11-19-31;;;/h3-20,22-24H,21H2,1-2H3;2*1H;/q;;;+2/p-2. The summed E-state index contributed by atoms with van der Waals surface area (Å²) in [4.78, 5) is 0. The summed E-state index contributed by atoms with van der Waals surface area (Å²) in [5.41, 5.74) is 13.3. The van der Waals surface area contributed by atoms with Gasteiger partial charge in [-0.3, -0.25) is 0 Å². The van der Waals surface area contributed by atoms with Gasteiger partial charge in [0, 0.05) is 0 Å². The van der Waals surface area contributed by atoms with Crippen molar-refractivity contribution >= 4 is 14.4 Å². The zero-order chi connectivity index (χ0) is 27.2. The summed E-state index contributed by atoms with van der Waals surface area (Å²) in [7, 11) is 0. The van der Waals surface area contributed by atoms with Crippen molar-refractivity contribution in [1.82, 2.24) is 0 Å². The van der Waals surface area contributed by atoms with E-state index in [2.05, 4.69) is 141 Å². The third-order valence-corrected chi connectivity index (χ3v) is 9.52. The van der Waals surface area contributed by atoms with Crippen molar-refractivity contribution in [2.24, 2.45) is 0 Å². The van der Waals surface area contributed by atoms with Crippen LogP contribution in [0.2, 0.25) is 0 Å². The largest absolute Gasteiger partial charge is 1.00 e. The number of hydrogen-bond donors (Lipinski definition) is 0. The van der Waals surface area contributed by atoms with Gasteiger partial charge < -0.3 is 24.8 Å². The summed E-state index contributed by atoms with van der Waals surface area (Å²) < 4.78 is 1.47. The molecule has 5 aromatic carbocycles. The molecule has 0 fully saturated rings. The Morgan fingerprint density at radius 3 is 1.81 bits per heavy atom.